The van der Waals surface area contributed by atoms with E-state index >= 15 is 0 Å². The fraction of sp³-hybridized carbons (Fsp3) is 0.385. The minimum Gasteiger partial charge on any atom is -0.409 e. The van der Waals surface area contributed by atoms with E-state index in [1.807, 2.05) is 26.1 Å². The first-order chi connectivity index (χ1) is 9.61. The zero-order chi connectivity index (χ0) is 14.3. The Morgan fingerprint density at radius 1 is 1.40 bits per heavy atom. The topological polar surface area (TPSA) is 102 Å². The molecule has 7 nitrogen and oxygen atoms in total. The van der Waals surface area contributed by atoms with E-state index in [1.165, 1.54) is 12.8 Å². The molecule has 1 aliphatic carbocycles. The Morgan fingerprint density at radius 3 is 2.80 bits per heavy atom. The number of hydrogen-bond donors (Lipinski definition) is 2. The summed E-state index contributed by atoms with van der Waals surface area (Å²) in [5, 5.41) is 24.8. The molecule has 0 radical (unpaired) electrons. The van der Waals surface area contributed by atoms with Crippen LogP contribution in [-0.2, 0) is 0 Å². The summed E-state index contributed by atoms with van der Waals surface area (Å²) in [5.41, 5.74) is 8.95. The van der Waals surface area contributed by atoms with Gasteiger partial charge in [0.2, 0.25) is 0 Å². The second-order valence-electron chi connectivity index (χ2n) is 5.05. The van der Waals surface area contributed by atoms with Gasteiger partial charge in [0.15, 0.2) is 11.7 Å². The smallest absolute Gasteiger partial charge is 0.187 e. The Kier molecular flexibility index (Phi) is 2.89. The van der Waals surface area contributed by atoms with Gasteiger partial charge in [-0.3, -0.25) is 0 Å². The molecule has 3 N–H and O–H groups in total. The second kappa shape index (κ2) is 4.59. The van der Waals surface area contributed by atoms with Crippen LogP contribution in [0.3, 0.4) is 0 Å². The first kappa shape index (κ1) is 12.6. The normalized spacial score (nSPS) is 15.6. The Balaban J connectivity index is 2.14. The molecule has 1 aliphatic rings. The number of oxime groups is 1. The second-order valence-corrected chi connectivity index (χ2v) is 5.05. The van der Waals surface area contributed by atoms with Gasteiger partial charge in [0.1, 0.15) is 0 Å². The molecule has 3 rings (SSSR count). The van der Waals surface area contributed by atoms with E-state index in [-0.39, 0.29) is 5.84 Å². The van der Waals surface area contributed by atoms with Gasteiger partial charge in [-0.05, 0) is 38.3 Å². The van der Waals surface area contributed by atoms with Crippen molar-refractivity contribution in [3.63, 3.8) is 0 Å². The average molecular weight is 272 g/mol. The van der Waals surface area contributed by atoms with E-state index < -0.39 is 0 Å². The van der Waals surface area contributed by atoms with Gasteiger partial charge in [-0.1, -0.05) is 5.16 Å². The van der Waals surface area contributed by atoms with Crippen molar-refractivity contribution in [2.45, 2.75) is 32.6 Å². The third-order valence-electron chi connectivity index (χ3n) is 3.62. The maximum absolute atomic E-state index is 8.96. The standard InChI is InChI=1S/C13H16N6O/c1-7-8(2)15-16-13(11(7)12(14)18-20)19-6-5-10(17-19)9-3-4-9/h5-6,9,20H,3-4H2,1-2H3,(H2,14,18). The summed E-state index contributed by atoms with van der Waals surface area (Å²) in [4.78, 5) is 0. The molecule has 1 fully saturated rings. The lowest BCUT2D eigenvalue weighted by Gasteiger charge is -2.11. The highest BCUT2D eigenvalue weighted by Gasteiger charge is 2.26. The number of hydrogen-bond acceptors (Lipinski definition) is 5. The largest absolute Gasteiger partial charge is 0.409 e. The van der Waals surface area contributed by atoms with E-state index in [2.05, 4.69) is 20.5 Å². The van der Waals surface area contributed by atoms with Crippen molar-refractivity contribution in [2.24, 2.45) is 10.9 Å². The SMILES string of the molecule is Cc1nnc(-n2ccc(C3CC3)n2)c(C(N)=NO)c1C. The van der Waals surface area contributed by atoms with Crippen molar-refractivity contribution in [3.8, 4) is 5.82 Å². The molecule has 0 aliphatic heterocycles. The van der Waals surface area contributed by atoms with Crippen molar-refractivity contribution >= 4 is 5.84 Å². The molecule has 2 aromatic rings. The Labute approximate surface area is 116 Å². The van der Waals surface area contributed by atoms with Crippen molar-refractivity contribution in [3.05, 3.63) is 34.8 Å². The molecular weight excluding hydrogens is 256 g/mol. The fourth-order valence-corrected chi connectivity index (χ4v) is 2.17. The molecule has 0 spiro atoms. The average Bonchev–Trinajstić information content (AvgIpc) is 3.19. The number of nitrogens with zero attached hydrogens (tertiary/aromatic N) is 5. The van der Waals surface area contributed by atoms with Crippen LogP contribution in [0.1, 0.15) is 41.3 Å². The van der Waals surface area contributed by atoms with Crippen LogP contribution in [0.5, 0.6) is 0 Å². The lowest BCUT2D eigenvalue weighted by atomic mass is 10.1. The molecule has 0 amide bonds. The highest BCUT2D eigenvalue weighted by Crippen LogP contribution is 2.39. The van der Waals surface area contributed by atoms with E-state index in [0.717, 1.165) is 17.0 Å². The quantitative estimate of drug-likeness (QED) is 0.379. The minimum absolute atomic E-state index is 0.0129. The number of nitrogens with two attached hydrogens (primary N) is 1. The zero-order valence-electron chi connectivity index (χ0n) is 11.4. The number of rotatable bonds is 3. The van der Waals surface area contributed by atoms with Crippen LogP contribution < -0.4 is 5.73 Å². The van der Waals surface area contributed by atoms with Crippen LogP contribution in [-0.4, -0.2) is 31.0 Å². The monoisotopic (exact) mass is 272 g/mol. The first-order valence-electron chi connectivity index (χ1n) is 6.49. The first-order valence-corrected chi connectivity index (χ1v) is 6.49. The van der Waals surface area contributed by atoms with Gasteiger partial charge in [-0.25, -0.2) is 4.68 Å². The van der Waals surface area contributed by atoms with E-state index in [1.54, 1.807) is 4.68 Å². The number of aromatic nitrogens is 4. The molecule has 7 heteroatoms. The molecular formula is C13H16N6O. The van der Waals surface area contributed by atoms with Crippen LogP contribution in [0.25, 0.3) is 5.82 Å². The molecule has 2 aromatic heterocycles. The van der Waals surface area contributed by atoms with E-state index in [4.69, 9.17) is 10.9 Å². The molecule has 0 aromatic carbocycles. The summed E-state index contributed by atoms with van der Waals surface area (Å²) in [6.07, 6.45) is 4.20. The molecule has 0 saturated heterocycles. The number of aryl methyl sites for hydroxylation is 1. The summed E-state index contributed by atoms with van der Waals surface area (Å²) >= 11 is 0. The third-order valence-corrected chi connectivity index (χ3v) is 3.62. The predicted octanol–water partition coefficient (Wildman–Crippen LogP) is 1.25. The van der Waals surface area contributed by atoms with Crippen LogP contribution in [0.15, 0.2) is 17.4 Å². The molecule has 104 valence electrons. The Morgan fingerprint density at radius 2 is 2.15 bits per heavy atom. The lowest BCUT2D eigenvalue weighted by Crippen LogP contribution is -2.21. The van der Waals surface area contributed by atoms with Crippen LogP contribution in [0, 0.1) is 13.8 Å². The summed E-state index contributed by atoms with van der Waals surface area (Å²) in [6.45, 7) is 3.70. The summed E-state index contributed by atoms with van der Waals surface area (Å²) in [7, 11) is 0. The zero-order valence-corrected chi connectivity index (χ0v) is 11.4. The van der Waals surface area contributed by atoms with Crippen molar-refractivity contribution < 1.29 is 5.21 Å². The summed E-state index contributed by atoms with van der Waals surface area (Å²) in [5.74, 6) is 1.05. The van der Waals surface area contributed by atoms with E-state index in [0.29, 0.717) is 17.3 Å². The van der Waals surface area contributed by atoms with Gasteiger partial charge >= 0.3 is 0 Å². The fourth-order valence-electron chi connectivity index (χ4n) is 2.17. The maximum atomic E-state index is 8.96. The van der Waals surface area contributed by atoms with Gasteiger partial charge in [-0.15, -0.1) is 5.10 Å². The molecule has 0 unspecified atom stereocenters. The van der Waals surface area contributed by atoms with E-state index in [9.17, 15) is 0 Å². The third kappa shape index (κ3) is 2.01. The molecule has 1 saturated carbocycles. The van der Waals surface area contributed by atoms with Crippen LogP contribution >= 0.6 is 0 Å². The van der Waals surface area contributed by atoms with Gasteiger partial charge in [0, 0.05) is 12.1 Å². The van der Waals surface area contributed by atoms with Gasteiger partial charge in [0.25, 0.3) is 0 Å². The summed E-state index contributed by atoms with van der Waals surface area (Å²) in [6, 6.07) is 1.98. The molecule has 2 heterocycles. The minimum atomic E-state index is 0.0129. The molecule has 20 heavy (non-hydrogen) atoms. The summed E-state index contributed by atoms with van der Waals surface area (Å²) < 4.78 is 1.64. The Hall–Kier alpha value is -2.44. The van der Waals surface area contributed by atoms with Gasteiger partial charge in [-0.2, -0.15) is 10.2 Å². The maximum Gasteiger partial charge on any atom is 0.187 e. The molecule has 0 atom stereocenters. The van der Waals surface area contributed by atoms with Crippen LogP contribution in [0.4, 0.5) is 0 Å². The lowest BCUT2D eigenvalue weighted by molar-refractivity contribution is 0.318. The van der Waals surface area contributed by atoms with Crippen LogP contribution in [0.2, 0.25) is 0 Å². The van der Waals surface area contributed by atoms with Gasteiger partial charge in [0.05, 0.1) is 17.0 Å². The molecule has 0 bridgehead atoms. The van der Waals surface area contributed by atoms with Gasteiger partial charge < -0.3 is 10.9 Å². The van der Waals surface area contributed by atoms with Crippen molar-refractivity contribution in [2.75, 3.05) is 0 Å². The van der Waals surface area contributed by atoms with Crippen molar-refractivity contribution in [1.82, 2.24) is 20.0 Å². The number of amidine groups is 1. The highest BCUT2D eigenvalue weighted by molar-refractivity contribution is 6.01. The highest BCUT2D eigenvalue weighted by atomic mass is 16.4. The van der Waals surface area contributed by atoms with Crippen molar-refractivity contribution in [1.29, 1.82) is 0 Å². The predicted molar refractivity (Wildman–Crippen MR) is 73.1 cm³/mol. The Bertz CT molecular complexity index is 686.